The lowest BCUT2D eigenvalue weighted by Gasteiger charge is -2.45. The minimum absolute atomic E-state index is 0.185. The van der Waals surface area contributed by atoms with Gasteiger partial charge in [0.25, 0.3) is 0 Å². The highest BCUT2D eigenvalue weighted by atomic mass is 32.2. The van der Waals surface area contributed by atoms with E-state index in [1.54, 1.807) is 7.11 Å². The van der Waals surface area contributed by atoms with Crippen molar-refractivity contribution < 1.29 is 9.94 Å². The van der Waals surface area contributed by atoms with Crippen molar-refractivity contribution in [1.29, 1.82) is 0 Å². The first-order valence-corrected chi connectivity index (χ1v) is 7.80. The Morgan fingerprint density at radius 1 is 1.20 bits per heavy atom. The van der Waals surface area contributed by atoms with Gasteiger partial charge < -0.3 is 9.94 Å². The van der Waals surface area contributed by atoms with Gasteiger partial charge >= 0.3 is 0 Å². The summed E-state index contributed by atoms with van der Waals surface area (Å²) < 4.78 is 0.185. The third kappa shape index (κ3) is 1.85. The number of nitrogens with zero attached hydrogens (tertiary/aromatic N) is 1. The van der Waals surface area contributed by atoms with E-state index in [0.29, 0.717) is 5.75 Å². The quantitative estimate of drug-likeness (QED) is 0.798. The maximum absolute atomic E-state index is 10.3. The predicted octanol–water partition coefficient (Wildman–Crippen LogP) is 3.90. The van der Waals surface area contributed by atoms with Crippen molar-refractivity contribution in [3.8, 4) is 5.75 Å². The van der Waals surface area contributed by atoms with Crippen molar-refractivity contribution in [3.63, 3.8) is 0 Å². The van der Waals surface area contributed by atoms with Crippen molar-refractivity contribution in [2.45, 2.75) is 49.7 Å². The van der Waals surface area contributed by atoms with E-state index in [2.05, 4.69) is 18.5 Å². The van der Waals surface area contributed by atoms with Crippen molar-refractivity contribution in [1.82, 2.24) is 0 Å². The largest absolute Gasteiger partial charge is 0.507 e. The van der Waals surface area contributed by atoms with Gasteiger partial charge in [-0.2, -0.15) is 0 Å². The van der Waals surface area contributed by atoms with Gasteiger partial charge in [-0.3, -0.25) is 0 Å². The van der Waals surface area contributed by atoms with E-state index in [9.17, 15) is 5.11 Å². The van der Waals surface area contributed by atoms with Crippen LogP contribution in [0, 0.1) is 27.2 Å². The number of thioether (sulfide) groups is 1. The Bertz CT molecular complexity index is 603. The third-order valence-corrected chi connectivity index (χ3v) is 6.21. The molecule has 0 atom stereocenters. The van der Waals surface area contributed by atoms with E-state index in [-0.39, 0.29) is 4.75 Å². The Hall–Kier alpha value is -1.16. The lowest BCUT2D eigenvalue weighted by atomic mass is 9.78. The van der Waals surface area contributed by atoms with Crippen LogP contribution in [0.5, 0.6) is 5.75 Å². The lowest BCUT2D eigenvalue weighted by molar-refractivity contribution is 0.213. The molecule has 0 unspecified atom stereocenters. The van der Waals surface area contributed by atoms with E-state index in [0.717, 1.165) is 28.0 Å². The van der Waals surface area contributed by atoms with E-state index in [1.807, 2.05) is 25.6 Å². The number of benzene rings is 1. The van der Waals surface area contributed by atoms with Gasteiger partial charge in [0.2, 0.25) is 0 Å². The van der Waals surface area contributed by atoms with Crippen LogP contribution in [0.1, 0.15) is 41.5 Å². The molecule has 3 nitrogen and oxygen atoms in total. The molecule has 1 N–H and O–H groups in total. The molecule has 1 heterocycles. The maximum atomic E-state index is 10.3. The minimum atomic E-state index is 0.185. The standard InChI is InChI=1S/C16H20NO2S/c1-9-10(2)15-13(11(3)14(9)18)12(17-19-4)8-16(20-15)6-5-7-16/h8,18H,5-7H2,1-4H3. The first-order valence-electron chi connectivity index (χ1n) is 6.98. The van der Waals surface area contributed by atoms with Crippen molar-refractivity contribution in [3.05, 3.63) is 28.7 Å². The van der Waals surface area contributed by atoms with Crippen LogP contribution in [0.25, 0.3) is 0 Å². The average Bonchev–Trinajstić information content (AvgIpc) is 2.40. The highest BCUT2D eigenvalue weighted by Gasteiger charge is 2.45. The third-order valence-electron chi connectivity index (χ3n) is 4.57. The monoisotopic (exact) mass is 290 g/mol. The van der Waals surface area contributed by atoms with Gasteiger partial charge in [-0.1, -0.05) is 11.6 Å². The van der Waals surface area contributed by atoms with E-state index in [1.165, 1.54) is 24.2 Å². The van der Waals surface area contributed by atoms with Gasteiger partial charge in [0.05, 0.1) is 5.71 Å². The van der Waals surface area contributed by atoms with Crippen LogP contribution in [-0.2, 0) is 4.84 Å². The zero-order chi connectivity index (χ0) is 14.5. The molecule has 1 spiro atoms. The molecule has 0 saturated heterocycles. The van der Waals surface area contributed by atoms with Gasteiger partial charge in [0.1, 0.15) is 12.9 Å². The second-order valence-corrected chi connectivity index (χ2v) is 7.18. The molecule has 0 aromatic heterocycles. The molecule has 1 fully saturated rings. The predicted molar refractivity (Wildman–Crippen MR) is 82.6 cm³/mol. The van der Waals surface area contributed by atoms with Crippen molar-refractivity contribution in [2.24, 2.45) is 5.16 Å². The Labute approximate surface area is 124 Å². The Morgan fingerprint density at radius 3 is 2.45 bits per heavy atom. The van der Waals surface area contributed by atoms with Crippen LogP contribution in [0.3, 0.4) is 0 Å². The molecule has 2 aliphatic rings. The summed E-state index contributed by atoms with van der Waals surface area (Å²) in [6.45, 7) is 6.03. The molecule has 1 aliphatic heterocycles. The molecule has 1 aliphatic carbocycles. The number of hydrogen-bond donors (Lipinski definition) is 1. The number of phenolic OH excluding ortho intramolecular Hbond substituents is 1. The summed E-state index contributed by atoms with van der Waals surface area (Å²) >= 11 is 1.94. The van der Waals surface area contributed by atoms with Crippen LogP contribution in [0.4, 0.5) is 0 Å². The molecule has 4 heteroatoms. The summed E-state index contributed by atoms with van der Waals surface area (Å²) in [7, 11) is 1.58. The molecule has 107 valence electrons. The first kappa shape index (κ1) is 13.8. The second-order valence-electron chi connectivity index (χ2n) is 5.75. The zero-order valence-corrected chi connectivity index (χ0v) is 13.2. The van der Waals surface area contributed by atoms with Gasteiger partial charge in [-0.05, 0) is 44.7 Å². The number of rotatable bonds is 1. The number of phenols is 1. The minimum Gasteiger partial charge on any atom is -0.507 e. The molecular formula is C16H20NO2S. The number of aromatic hydroxyl groups is 1. The SMILES string of the molecule is CON=C1[CH]C2(CCC2)Sc2c(C)c(C)c(O)c(C)c21. The van der Waals surface area contributed by atoms with Crippen LogP contribution < -0.4 is 0 Å². The van der Waals surface area contributed by atoms with Crippen LogP contribution >= 0.6 is 11.8 Å². The molecule has 1 saturated carbocycles. The molecule has 20 heavy (non-hydrogen) atoms. The average molecular weight is 290 g/mol. The smallest absolute Gasteiger partial charge is 0.122 e. The van der Waals surface area contributed by atoms with E-state index < -0.39 is 0 Å². The Kier molecular flexibility index (Phi) is 3.24. The highest BCUT2D eigenvalue weighted by Crippen LogP contribution is 2.56. The molecule has 1 aromatic carbocycles. The van der Waals surface area contributed by atoms with Crippen LogP contribution in [0.15, 0.2) is 10.1 Å². The fourth-order valence-electron chi connectivity index (χ4n) is 3.04. The number of hydrogen-bond acceptors (Lipinski definition) is 4. The van der Waals surface area contributed by atoms with E-state index in [4.69, 9.17) is 4.84 Å². The fourth-order valence-corrected chi connectivity index (χ4v) is 4.77. The first-order chi connectivity index (χ1) is 9.49. The molecule has 1 radical (unpaired) electrons. The summed E-state index contributed by atoms with van der Waals surface area (Å²) in [6, 6.07) is 0. The summed E-state index contributed by atoms with van der Waals surface area (Å²) in [5.41, 5.74) is 4.95. The molecule has 3 rings (SSSR count). The van der Waals surface area contributed by atoms with Crippen LogP contribution in [0.2, 0.25) is 0 Å². The number of fused-ring (bicyclic) bond motifs is 1. The summed E-state index contributed by atoms with van der Waals surface area (Å²) in [5.74, 6) is 0.378. The fraction of sp³-hybridized carbons (Fsp3) is 0.500. The Balaban J connectivity index is 2.24. The summed E-state index contributed by atoms with van der Waals surface area (Å²) in [6.07, 6.45) is 5.89. The molecule has 0 bridgehead atoms. The normalized spacial score (nSPS) is 21.7. The summed E-state index contributed by atoms with van der Waals surface area (Å²) in [5, 5.41) is 14.5. The van der Waals surface area contributed by atoms with Gasteiger partial charge in [-0.25, -0.2) is 0 Å². The van der Waals surface area contributed by atoms with Crippen molar-refractivity contribution in [2.75, 3.05) is 7.11 Å². The van der Waals surface area contributed by atoms with Gasteiger partial charge in [-0.15, -0.1) is 11.8 Å². The zero-order valence-electron chi connectivity index (χ0n) is 12.4. The van der Waals surface area contributed by atoms with Crippen molar-refractivity contribution >= 4 is 17.5 Å². The Morgan fingerprint density at radius 2 is 1.90 bits per heavy atom. The van der Waals surface area contributed by atoms with Gasteiger partial charge in [0, 0.05) is 27.2 Å². The topological polar surface area (TPSA) is 41.8 Å². The maximum Gasteiger partial charge on any atom is 0.122 e. The lowest BCUT2D eigenvalue weighted by Crippen LogP contribution is -2.40. The highest BCUT2D eigenvalue weighted by molar-refractivity contribution is 8.01. The summed E-state index contributed by atoms with van der Waals surface area (Å²) in [4.78, 5) is 6.29. The second kappa shape index (κ2) is 4.69. The molecular weight excluding hydrogens is 270 g/mol. The number of oxime groups is 1. The van der Waals surface area contributed by atoms with E-state index >= 15 is 0 Å². The van der Waals surface area contributed by atoms with Crippen LogP contribution in [-0.4, -0.2) is 22.7 Å². The van der Waals surface area contributed by atoms with Gasteiger partial charge in [0.15, 0.2) is 0 Å². The molecule has 1 aromatic rings. The molecule has 0 amide bonds.